The summed E-state index contributed by atoms with van der Waals surface area (Å²) in [5, 5.41) is 4.94. The van der Waals surface area contributed by atoms with Crippen LogP contribution < -0.4 is 10.2 Å². The minimum atomic E-state index is 0.553. The number of halogens is 2. The monoisotopic (exact) mass is 258 g/mol. The van der Waals surface area contributed by atoms with Crippen LogP contribution in [0.25, 0.3) is 0 Å². The lowest BCUT2D eigenvalue weighted by Crippen LogP contribution is -2.32. The van der Waals surface area contributed by atoms with Gasteiger partial charge < -0.3 is 10.2 Å². The Kier molecular flexibility index (Phi) is 3.95. The summed E-state index contributed by atoms with van der Waals surface area (Å²) in [5.74, 6) is 0. The molecule has 1 aromatic rings. The molecule has 0 saturated carbocycles. The highest BCUT2D eigenvalue weighted by atomic mass is 35.5. The summed E-state index contributed by atoms with van der Waals surface area (Å²) >= 11 is 12.4. The summed E-state index contributed by atoms with van der Waals surface area (Å²) in [6, 6.07) is 6.22. The fourth-order valence-electron chi connectivity index (χ4n) is 2.21. The fraction of sp³-hybridized carbons (Fsp3) is 0.500. The molecule has 1 aliphatic rings. The van der Waals surface area contributed by atoms with Gasteiger partial charge in [-0.15, -0.1) is 0 Å². The number of nitrogens with zero attached hydrogens (tertiary/aromatic N) is 1. The maximum atomic E-state index is 6.19. The molecule has 0 bridgehead atoms. The molecule has 2 nitrogen and oxygen atoms in total. The first-order valence-electron chi connectivity index (χ1n) is 5.64. The number of benzene rings is 1. The van der Waals surface area contributed by atoms with E-state index in [1.54, 1.807) is 0 Å². The van der Waals surface area contributed by atoms with E-state index in [1.807, 2.05) is 18.2 Å². The molecule has 0 spiro atoms. The van der Waals surface area contributed by atoms with Crippen molar-refractivity contribution in [2.24, 2.45) is 0 Å². The average Bonchev–Trinajstić information content (AvgIpc) is 2.67. The lowest BCUT2D eigenvalue weighted by atomic mass is 10.2. The van der Waals surface area contributed by atoms with Gasteiger partial charge in [-0.1, -0.05) is 36.2 Å². The van der Waals surface area contributed by atoms with E-state index in [4.69, 9.17) is 23.2 Å². The van der Waals surface area contributed by atoms with E-state index < -0.39 is 0 Å². The molecule has 1 aromatic carbocycles. The Hall–Kier alpha value is -0.440. The Bertz CT molecular complexity index is 348. The van der Waals surface area contributed by atoms with Crippen molar-refractivity contribution in [1.29, 1.82) is 0 Å². The largest absolute Gasteiger partial charge is 0.368 e. The zero-order valence-electron chi connectivity index (χ0n) is 9.34. The van der Waals surface area contributed by atoms with Gasteiger partial charge >= 0.3 is 0 Å². The molecular weight excluding hydrogens is 243 g/mol. The molecule has 1 saturated heterocycles. The van der Waals surface area contributed by atoms with E-state index in [2.05, 4.69) is 17.1 Å². The van der Waals surface area contributed by atoms with Gasteiger partial charge in [0.2, 0.25) is 0 Å². The third-order valence-electron chi connectivity index (χ3n) is 2.93. The van der Waals surface area contributed by atoms with Crippen molar-refractivity contribution in [3.05, 3.63) is 28.2 Å². The molecular formula is C12H16Cl2N2. The molecule has 0 aromatic heterocycles. The number of rotatable bonds is 3. The number of para-hydroxylation sites is 1. The topological polar surface area (TPSA) is 15.3 Å². The van der Waals surface area contributed by atoms with Crippen molar-refractivity contribution >= 4 is 28.9 Å². The van der Waals surface area contributed by atoms with Crippen LogP contribution >= 0.6 is 23.2 Å². The zero-order chi connectivity index (χ0) is 11.5. The van der Waals surface area contributed by atoms with Crippen LogP contribution in [0, 0.1) is 0 Å². The maximum Gasteiger partial charge on any atom is 0.0745 e. The van der Waals surface area contributed by atoms with E-state index in [-0.39, 0.29) is 0 Å². The third kappa shape index (κ3) is 2.45. The molecule has 4 heteroatoms. The summed E-state index contributed by atoms with van der Waals surface area (Å²) in [7, 11) is 0. The summed E-state index contributed by atoms with van der Waals surface area (Å²) < 4.78 is 0. The first kappa shape index (κ1) is 12.0. The van der Waals surface area contributed by atoms with Crippen molar-refractivity contribution in [2.75, 3.05) is 24.5 Å². The number of nitrogens with one attached hydrogen (secondary N) is 1. The number of anilines is 1. The highest BCUT2D eigenvalue weighted by Gasteiger charge is 2.24. The normalized spacial score (nSPS) is 20.4. The van der Waals surface area contributed by atoms with Gasteiger partial charge in [0.25, 0.3) is 0 Å². The van der Waals surface area contributed by atoms with E-state index in [1.165, 1.54) is 0 Å². The molecule has 0 amide bonds. The summed E-state index contributed by atoms with van der Waals surface area (Å²) in [6.45, 7) is 5.14. The van der Waals surface area contributed by atoms with E-state index >= 15 is 0 Å². The minimum Gasteiger partial charge on any atom is -0.368 e. The number of hydrogen-bond acceptors (Lipinski definition) is 2. The first-order chi connectivity index (χ1) is 7.72. The van der Waals surface area contributed by atoms with E-state index in [0.717, 1.165) is 41.8 Å². The Labute approximate surface area is 107 Å². The lowest BCUT2D eigenvalue weighted by molar-refractivity contribution is 0.572. The van der Waals surface area contributed by atoms with E-state index in [0.29, 0.717) is 6.04 Å². The molecule has 2 rings (SSSR count). The maximum absolute atomic E-state index is 6.19. The molecule has 1 heterocycles. The Morgan fingerprint density at radius 3 is 2.69 bits per heavy atom. The van der Waals surface area contributed by atoms with Crippen molar-refractivity contribution < 1.29 is 0 Å². The Morgan fingerprint density at radius 2 is 2.06 bits per heavy atom. The highest BCUT2D eigenvalue weighted by molar-refractivity contribution is 6.39. The quantitative estimate of drug-likeness (QED) is 0.896. The van der Waals surface area contributed by atoms with Crippen LogP contribution in [0.5, 0.6) is 0 Å². The molecule has 1 aliphatic heterocycles. The van der Waals surface area contributed by atoms with Crippen molar-refractivity contribution in [2.45, 2.75) is 19.4 Å². The molecule has 16 heavy (non-hydrogen) atoms. The summed E-state index contributed by atoms with van der Waals surface area (Å²) in [4.78, 5) is 2.26. The predicted octanol–water partition coefficient (Wildman–Crippen LogP) is 3.18. The predicted molar refractivity (Wildman–Crippen MR) is 70.8 cm³/mol. The zero-order valence-corrected chi connectivity index (χ0v) is 10.9. The van der Waals surface area contributed by atoms with Crippen molar-refractivity contribution in [3.63, 3.8) is 0 Å². The second-order valence-electron chi connectivity index (χ2n) is 4.06. The average molecular weight is 259 g/mol. The Morgan fingerprint density at radius 1 is 1.38 bits per heavy atom. The van der Waals surface area contributed by atoms with Gasteiger partial charge in [-0.3, -0.25) is 0 Å². The standard InChI is InChI=1S/C12H16Cl2N2/c1-2-15-9-6-7-16(8-9)12-10(13)4-3-5-11(12)14/h3-5,9,15H,2,6-8H2,1H3. The Balaban J connectivity index is 2.14. The van der Waals surface area contributed by atoms with Gasteiger partial charge in [0.1, 0.15) is 0 Å². The van der Waals surface area contributed by atoms with Crippen LogP contribution in [0.2, 0.25) is 10.0 Å². The van der Waals surface area contributed by atoms with Crippen LogP contribution in [-0.2, 0) is 0 Å². The molecule has 1 fully saturated rings. The van der Waals surface area contributed by atoms with Gasteiger partial charge in [-0.05, 0) is 25.1 Å². The third-order valence-corrected chi connectivity index (χ3v) is 3.54. The molecule has 1 atom stereocenters. The number of likely N-dealkylation sites (N-methyl/N-ethyl adjacent to an activating group) is 1. The smallest absolute Gasteiger partial charge is 0.0745 e. The molecule has 1 unspecified atom stereocenters. The van der Waals surface area contributed by atoms with E-state index in [9.17, 15) is 0 Å². The summed E-state index contributed by atoms with van der Waals surface area (Å²) in [5.41, 5.74) is 0.978. The summed E-state index contributed by atoms with van der Waals surface area (Å²) in [6.07, 6.45) is 1.15. The van der Waals surface area contributed by atoms with Crippen LogP contribution in [0.1, 0.15) is 13.3 Å². The van der Waals surface area contributed by atoms with Gasteiger partial charge in [-0.2, -0.15) is 0 Å². The second-order valence-corrected chi connectivity index (χ2v) is 4.87. The molecule has 88 valence electrons. The number of hydrogen-bond donors (Lipinski definition) is 1. The minimum absolute atomic E-state index is 0.553. The SMILES string of the molecule is CCNC1CCN(c2c(Cl)cccc2Cl)C1. The van der Waals surface area contributed by atoms with Crippen molar-refractivity contribution in [1.82, 2.24) is 5.32 Å². The molecule has 1 N–H and O–H groups in total. The van der Waals surface area contributed by atoms with Crippen molar-refractivity contribution in [3.8, 4) is 0 Å². The van der Waals surface area contributed by atoms with Crippen LogP contribution in [-0.4, -0.2) is 25.7 Å². The fourth-order valence-corrected chi connectivity index (χ4v) is 2.85. The lowest BCUT2D eigenvalue weighted by Gasteiger charge is -2.21. The molecule has 0 radical (unpaired) electrons. The highest BCUT2D eigenvalue weighted by Crippen LogP contribution is 2.35. The van der Waals surface area contributed by atoms with Crippen LogP contribution in [0.3, 0.4) is 0 Å². The van der Waals surface area contributed by atoms with Crippen LogP contribution in [0.4, 0.5) is 5.69 Å². The van der Waals surface area contributed by atoms with Gasteiger partial charge in [0, 0.05) is 19.1 Å². The van der Waals surface area contributed by atoms with Gasteiger partial charge in [-0.25, -0.2) is 0 Å². The first-order valence-corrected chi connectivity index (χ1v) is 6.40. The molecule has 0 aliphatic carbocycles. The van der Waals surface area contributed by atoms with Crippen LogP contribution in [0.15, 0.2) is 18.2 Å². The second kappa shape index (κ2) is 5.26. The van der Waals surface area contributed by atoms with Gasteiger partial charge in [0.15, 0.2) is 0 Å². The van der Waals surface area contributed by atoms with Gasteiger partial charge in [0.05, 0.1) is 15.7 Å².